The maximum atomic E-state index is 12.1. The molecule has 2 fully saturated rings. The van der Waals surface area contributed by atoms with Crippen LogP contribution < -0.4 is 0 Å². The minimum Gasteiger partial charge on any atom is -0.481 e. The highest BCUT2D eigenvalue weighted by Gasteiger charge is 2.39. The molecule has 0 heterocycles. The van der Waals surface area contributed by atoms with Gasteiger partial charge in [0.1, 0.15) is 0 Å². The van der Waals surface area contributed by atoms with E-state index in [0.29, 0.717) is 32.5 Å². The van der Waals surface area contributed by atoms with Crippen LogP contribution in [-0.2, 0) is 29.0 Å². The van der Waals surface area contributed by atoms with Crippen molar-refractivity contribution in [3.63, 3.8) is 0 Å². The predicted molar refractivity (Wildman–Crippen MR) is 96.0 cm³/mol. The maximum Gasteiger partial charge on any atom is 0.309 e. The van der Waals surface area contributed by atoms with Gasteiger partial charge < -0.3 is 14.9 Å². The molecule has 28 heavy (non-hydrogen) atoms. The SMILES string of the molecule is O=C(O)C1CC(O)CCC1C(=O)OCCCOOCC1CCCCC1COO. The number of aliphatic hydroxyl groups excluding tert-OH is 1. The minimum absolute atomic E-state index is 0.0789. The second-order valence-corrected chi connectivity index (χ2v) is 7.75. The average Bonchev–Trinajstić information content (AvgIpc) is 2.68. The maximum absolute atomic E-state index is 12.1. The summed E-state index contributed by atoms with van der Waals surface area (Å²) >= 11 is 0. The Kier molecular flexibility index (Phi) is 10.1. The Hall–Kier alpha value is -1.26. The fourth-order valence-electron chi connectivity index (χ4n) is 4.11. The summed E-state index contributed by atoms with van der Waals surface area (Å²) in [5.41, 5.74) is 0. The second-order valence-electron chi connectivity index (χ2n) is 7.75. The van der Waals surface area contributed by atoms with Gasteiger partial charge in [-0.2, -0.15) is 0 Å². The number of carbonyl (C=O) groups excluding carboxylic acids is 1. The summed E-state index contributed by atoms with van der Waals surface area (Å²) in [7, 11) is 0. The van der Waals surface area contributed by atoms with Gasteiger partial charge in [0, 0.05) is 6.42 Å². The van der Waals surface area contributed by atoms with Crippen LogP contribution in [0.3, 0.4) is 0 Å². The van der Waals surface area contributed by atoms with Gasteiger partial charge in [-0.05, 0) is 43.9 Å². The molecule has 3 N–H and O–H groups in total. The number of aliphatic carboxylic acids is 1. The van der Waals surface area contributed by atoms with E-state index in [0.717, 1.165) is 25.7 Å². The number of carboxylic acid groups (broad SMARTS) is 1. The van der Waals surface area contributed by atoms with E-state index in [9.17, 15) is 19.8 Å². The standard InChI is InChI=1S/C19H32O9/c20-15-6-7-16(17(10-15)18(21)22)19(23)25-8-3-9-27-28-12-14-5-2-1-4-13(14)11-26-24/h13-17,20,24H,1-12H2,(H,21,22). The minimum atomic E-state index is -1.08. The van der Waals surface area contributed by atoms with Crippen LogP contribution in [0.15, 0.2) is 0 Å². The van der Waals surface area contributed by atoms with E-state index in [2.05, 4.69) is 4.89 Å². The third-order valence-electron chi connectivity index (χ3n) is 5.78. The number of aliphatic hydroxyl groups is 1. The Labute approximate surface area is 164 Å². The number of hydrogen-bond acceptors (Lipinski definition) is 8. The highest BCUT2D eigenvalue weighted by molar-refractivity contribution is 5.81. The lowest BCUT2D eigenvalue weighted by Gasteiger charge is -2.30. The lowest BCUT2D eigenvalue weighted by atomic mass is 9.78. The quantitative estimate of drug-likeness (QED) is 0.205. The van der Waals surface area contributed by atoms with E-state index in [1.807, 2.05) is 0 Å². The fraction of sp³-hybridized carbons (Fsp3) is 0.895. The average molecular weight is 404 g/mol. The van der Waals surface area contributed by atoms with Crippen molar-refractivity contribution in [2.45, 2.75) is 57.5 Å². The molecule has 0 aromatic heterocycles. The molecule has 162 valence electrons. The first-order valence-corrected chi connectivity index (χ1v) is 10.1. The lowest BCUT2D eigenvalue weighted by molar-refractivity contribution is -0.309. The molecule has 0 aromatic rings. The Morgan fingerprint density at radius 3 is 2.29 bits per heavy atom. The molecule has 2 aliphatic rings. The lowest BCUT2D eigenvalue weighted by Crippen LogP contribution is -2.38. The van der Waals surface area contributed by atoms with E-state index in [4.69, 9.17) is 19.8 Å². The van der Waals surface area contributed by atoms with Gasteiger partial charge in [0.2, 0.25) is 0 Å². The Morgan fingerprint density at radius 1 is 0.893 bits per heavy atom. The summed E-state index contributed by atoms with van der Waals surface area (Å²) < 4.78 is 5.18. The summed E-state index contributed by atoms with van der Waals surface area (Å²) in [5.74, 6) is -2.68. The van der Waals surface area contributed by atoms with Crippen molar-refractivity contribution in [2.75, 3.05) is 26.4 Å². The summed E-state index contributed by atoms with van der Waals surface area (Å²) in [5, 5.41) is 27.5. The molecule has 0 aromatic carbocycles. The largest absolute Gasteiger partial charge is 0.481 e. The zero-order chi connectivity index (χ0) is 20.4. The molecule has 2 rings (SSSR count). The molecule has 5 atom stereocenters. The van der Waals surface area contributed by atoms with Gasteiger partial charge in [-0.15, -0.1) is 0 Å². The normalized spacial score (nSPS) is 30.7. The summed E-state index contributed by atoms with van der Waals surface area (Å²) in [6.07, 6.45) is 4.82. The van der Waals surface area contributed by atoms with Crippen LogP contribution in [0.2, 0.25) is 0 Å². The van der Waals surface area contributed by atoms with Crippen molar-refractivity contribution < 1.29 is 44.5 Å². The van der Waals surface area contributed by atoms with Crippen LogP contribution in [0, 0.1) is 23.7 Å². The molecule has 0 spiro atoms. The van der Waals surface area contributed by atoms with Gasteiger partial charge >= 0.3 is 11.9 Å². The van der Waals surface area contributed by atoms with Crippen molar-refractivity contribution in [3.05, 3.63) is 0 Å². The van der Waals surface area contributed by atoms with Crippen LogP contribution in [-0.4, -0.2) is 59.9 Å². The number of carboxylic acids is 1. The van der Waals surface area contributed by atoms with E-state index >= 15 is 0 Å². The van der Waals surface area contributed by atoms with Gasteiger partial charge in [0.05, 0.1) is 44.4 Å². The van der Waals surface area contributed by atoms with Crippen LogP contribution in [0.25, 0.3) is 0 Å². The number of carbonyl (C=O) groups is 2. The first kappa shape index (κ1) is 23.0. The molecule has 2 aliphatic carbocycles. The molecule has 0 bridgehead atoms. The Bertz CT molecular complexity index is 482. The van der Waals surface area contributed by atoms with Gasteiger partial charge in [-0.3, -0.25) is 14.8 Å². The van der Waals surface area contributed by atoms with Gasteiger partial charge in [-0.25, -0.2) is 14.7 Å². The van der Waals surface area contributed by atoms with E-state index in [1.54, 1.807) is 0 Å². The van der Waals surface area contributed by atoms with Crippen molar-refractivity contribution in [2.24, 2.45) is 23.7 Å². The van der Waals surface area contributed by atoms with Crippen LogP contribution >= 0.6 is 0 Å². The third kappa shape index (κ3) is 7.29. The number of esters is 1. The molecule has 0 radical (unpaired) electrons. The summed E-state index contributed by atoms with van der Waals surface area (Å²) in [6.45, 7) is 1.11. The highest BCUT2D eigenvalue weighted by Crippen LogP contribution is 2.32. The van der Waals surface area contributed by atoms with Crippen LogP contribution in [0.5, 0.6) is 0 Å². The molecule has 2 saturated carbocycles. The number of ether oxygens (including phenoxy) is 1. The van der Waals surface area contributed by atoms with Crippen molar-refractivity contribution >= 4 is 11.9 Å². The van der Waals surface area contributed by atoms with Crippen molar-refractivity contribution in [3.8, 4) is 0 Å². The Morgan fingerprint density at radius 2 is 1.61 bits per heavy atom. The third-order valence-corrected chi connectivity index (χ3v) is 5.78. The molecule has 0 saturated heterocycles. The first-order valence-electron chi connectivity index (χ1n) is 10.1. The zero-order valence-electron chi connectivity index (χ0n) is 16.2. The number of rotatable bonds is 11. The van der Waals surface area contributed by atoms with Crippen LogP contribution in [0.4, 0.5) is 0 Å². The molecule has 0 amide bonds. The molecular formula is C19H32O9. The summed E-state index contributed by atoms with van der Waals surface area (Å²) in [4.78, 5) is 38.1. The van der Waals surface area contributed by atoms with Gasteiger partial charge in [0.25, 0.3) is 0 Å². The topological polar surface area (TPSA) is 132 Å². The first-order chi connectivity index (χ1) is 13.5. The van der Waals surface area contributed by atoms with Crippen LogP contribution in [0.1, 0.15) is 51.4 Å². The zero-order valence-corrected chi connectivity index (χ0v) is 16.2. The second kappa shape index (κ2) is 12.3. The molecule has 9 nitrogen and oxygen atoms in total. The Balaban J connectivity index is 1.57. The predicted octanol–water partition coefficient (Wildman–Crippen LogP) is 2.03. The molecule has 9 heteroatoms. The molecule has 0 aliphatic heterocycles. The molecule has 5 unspecified atom stereocenters. The van der Waals surface area contributed by atoms with E-state index in [-0.39, 0.29) is 31.5 Å². The highest BCUT2D eigenvalue weighted by atomic mass is 17.2. The van der Waals surface area contributed by atoms with Crippen molar-refractivity contribution in [1.82, 2.24) is 0 Å². The van der Waals surface area contributed by atoms with Gasteiger partial charge in [-0.1, -0.05) is 12.8 Å². The molecular weight excluding hydrogens is 372 g/mol. The van der Waals surface area contributed by atoms with E-state index in [1.165, 1.54) is 0 Å². The van der Waals surface area contributed by atoms with Crippen molar-refractivity contribution in [1.29, 1.82) is 0 Å². The fourth-order valence-corrected chi connectivity index (χ4v) is 4.11. The summed E-state index contributed by atoms with van der Waals surface area (Å²) in [6, 6.07) is 0. The van der Waals surface area contributed by atoms with E-state index < -0.39 is 29.9 Å². The smallest absolute Gasteiger partial charge is 0.309 e. The monoisotopic (exact) mass is 404 g/mol. The van der Waals surface area contributed by atoms with Gasteiger partial charge in [0.15, 0.2) is 0 Å². The number of hydrogen-bond donors (Lipinski definition) is 3.